The molecule has 0 fully saturated rings. The SMILES string of the molecule is C=CC(c1ccc(CN)cc1)S(=O)(=O)N1Cc2ccccc2C[C@H]1CI. The van der Waals surface area contributed by atoms with Gasteiger partial charge >= 0.3 is 0 Å². The van der Waals surface area contributed by atoms with Gasteiger partial charge in [-0.15, -0.1) is 6.58 Å². The summed E-state index contributed by atoms with van der Waals surface area (Å²) in [7, 11) is -3.57. The number of nitrogens with zero attached hydrogens (tertiary/aromatic N) is 1. The third kappa shape index (κ3) is 3.74. The van der Waals surface area contributed by atoms with E-state index < -0.39 is 15.3 Å². The van der Waals surface area contributed by atoms with Crippen LogP contribution in [0.3, 0.4) is 0 Å². The highest BCUT2D eigenvalue weighted by molar-refractivity contribution is 14.1. The van der Waals surface area contributed by atoms with Gasteiger partial charge in [0.1, 0.15) is 5.25 Å². The molecule has 1 aliphatic rings. The second kappa shape index (κ2) is 8.21. The lowest BCUT2D eigenvalue weighted by Crippen LogP contribution is -2.46. The minimum Gasteiger partial charge on any atom is -0.326 e. The zero-order valence-corrected chi connectivity index (χ0v) is 17.5. The maximum Gasteiger partial charge on any atom is 0.225 e. The Morgan fingerprint density at radius 3 is 2.42 bits per heavy atom. The van der Waals surface area contributed by atoms with Gasteiger partial charge in [0.15, 0.2) is 0 Å². The molecule has 1 unspecified atom stereocenters. The summed E-state index contributed by atoms with van der Waals surface area (Å²) in [6.45, 7) is 4.65. The van der Waals surface area contributed by atoms with Crippen molar-refractivity contribution in [3.63, 3.8) is 0 Å². The minimum absolute atomic E-state index is 0.0405. The lowest BCUT2D eigenvalue weighted by atomic mass is 9.97. The van der Waals surface area contributed by atoms with Crippen LogP contribution < -0.4 is 5.73 Å². The van der Waals surface area contributed by atoms with Crippen LogP contribution in [0.4, 0.5) is 0 Å². The molecule has 138 valence electrons. The van der Waals surface area contributed by atoms with Gasteiger partial charge in [-0.1, -0.05) is 77.2 Å². The quantitative estimate of drug-likeness (QED) is 0.389. The summed E-state index contributed by atoms with van der Waals surface area (Å²) < 4.78 is 29.4. The molecule has 0 spiro atoms. The van der Waals surface area contributed by atoms with Crippen LogP contribution in [0, 0.1) is 0 Å². The van der Waals surface area contributed by atoms with E-state index in [-0.39, 0.29) is 6.04 Å². The minimum atomic E-state index is -3.57. The maximum absolute atomic E-state index is 13.5. The van der Waals surface area contributed by atoms with E-state index in [4.69, 9.17) is 5.73 Å². The Kier molecular flexibility index (Phi) is 6.17. The van der Waals surface area contributed by atoms with Crippen LogP contribution in [0.2, 0.25) is 0 Å². The Morgan fingerprint density at radius 2 is 1.85 bits per heavy atom. The average Bonchev–Trinajstić information content (AvgIpc) is 2.67. The molecule has 26 heavy (non-hydrogen) atoms. The second-order valence-corrected chi connectivity index (χ2v) is 9.36. The first-order valence-corrected chi connectivity index (χ1v) is 11.6. The molecule has 0 amide bonds. The number of benzene rings is 2. The van der Waals surface area contributed by atoms with Gasteiger partial charge in [0.2, 0.25) is 10.0 Å². The standard InChI is InChI=1S/C20H23IN2O2S/c1-2-20(16-9-7-15(13-22)8-10-16)26(24,25)23-14-18-6-4-3-5-17(18)11-19(23)12-21/h2-10,19-20H,1,11-14,22H2/t19-,20?/m0/s1. The van der Waals surface area contributed by atoms with Crippen molar-refractivity contribution in [3.8, 4) is 0 Å². The number of rotatable bonds is 6. The van der Waals surface area contributed by atoms with E-state index >= 15 is 0 Å². The van der Waals surface area contributed by atoms with E-state index in [1.54, 1.807) is 4.31 Å². The smallest absolute Gasteiger partial charge is 0.225 e. The normalized spacial score (nSPS) is 18.9. The highest BCUT2D eigenvalue weighted by Gasteiger charge is 2.38. The summed E-state index contributed by atoms with van der Waals surface area (Å²) in [5.74, 6) is 0. The fourth-order valence-corrected chi connectivity index (χ4v) is 6.39. The topological polar surface area (TPSA) is 63.4 Å². The summed E-state index contributed by atoms with van der Waals surface area (Å²) >= 11 is 2.27. The van der Waals surface area contributed by atoms with E-state index in [2.05, 4.69) is 35.2 Å². The molecule has 0 aromatic heterocycles. The second-order valence-electron chi connectivity index (χ2n) is 6.47. The van der Waals surface area contributed by atoms with Crippen molar-refractivity contribution in [1.29, 1.82) is 0 Å². The molecular formula is C20H23IN2O2S. The zero-order valence-electron chi connectivity index (χ0n) is 14.5. The summed E-state index contributed by atoms with van der Waals surface area (Å²) in [6.07, 6.45) is 2.27. The summed E-state index contributed by atoms with van der Waals surface area (Å²) in [5, 5.41) is -0.759. The number of fused-ring (bicyclic) bond motifs is 1. The van der Waals surface area contributed by atoms with Crippen molar-refractivity contribution in [2.75, 3.05) is 4.43 Å². The Balaban J connectivity index is 1.97. The number of alkyl halides is 1. The molecule has 4 nitrogen and oxygen atoms in total. The molecule has 0 aliphatic carbocycles. The zero-order chi connectivity index (χ0) is 18.7. The van der Waals surface area contributed by atoms with Crippen molar-refractivity contribution >= 4 is 32.6 Å². The summed E-state index contributed by atoms with van der Waals surface area (Å²) in [4.78, 5) is 0. The van der Waals surface area contributed by atoms with Gasteiger partial charge in [-0.2, -0.15) is 4.31 Å². The maximum atomic E-state index is 13.5. The summed E-state index contributed by atoms with van der Waals surface area (Å²) in [6, 6.07) is 15.5. The van der Waals surface area contributed by atoms with Crippen molar-refractivity contribution in [3.05, 3.63) is 83.4 Å². The van der Waals surface area contributed by atoms with Crippen LogP contribution in [0.1, 0.15) is 27.5 Å². The van der Waals surface area contributed by atoms with Crippen molar-refractivity contribution in [2.24, 2.45) is 5.73 Å². The van der Waals surface area contributed by atoms with Crippen LogP contribution in [0.15, 0.2) is 61.2 Å². The van der Waals surface area contributed by atoms with Gasteiger partial charge in [-0.3, -0.25) is 0 Å². The monoisotopic (exact) mass is 482 g/mol. The molecule has 1 heterocycles. The molecule has 6 heteroatoms. The lowest BCUT2D eigenvalue weighted by molar-refractivity contribution is 0.314. The van der Waals surface area contributed by atoms with Gasteiger partial charge in [0.05, 0.1) is 0 Å². The number of hydrogen-bond acceptors (Lipinski definition) is 3. The van der Waals surface area contributed by atoms with Crippen molar-refractivity contribution in [2.45, 2.75) is 30.8 Å². The Morgan fingerprint density at radius 1 is 1.19 bits per heavy atom. The number of hydrogen-bond donors (Lipinski definition) is 1. The van der Waals surface area contributed by atoms with E-state index in [0.29, 0.717) is 13.1 Å². The average molecular weight is 482 g/mol. The van der Waals surface area contributed by atoms with Crippen LogP contribution >= 0.6 is 22.6 Å². The number of nitrogens with two attached hydrogens (primary N) is 1. The lowest BCUT2D eigenvalue weighted by Gasteiger charge is -2.37. The number of halogens is 1. The van der Waals surface area contributed by atoms with Gasteiger partial charge in [0.25, 0.3) is 0 Å². The highest BCUT2D eigenvalue weighted by Crippen LogP contribution is 2.34. The van der Waals surface area contributed by atoms with Crippen molar-refractivity contribution in [1.82, 2.24) is 4.31 Å². The predicted octanol–water partition coefficient (Wildman–Crippen LogP) is 3.56. The molecule has 0 saturated carbocycles. The molecule has 0 bridgehead atoms. The first-order chi connectivity index (χ1) is 12.5. The first-order valence-electron chi connectivity index (χ1n) is 8.56. The van der Waals surface area contributed by atoms with Crippen LogP contribution in [0.25, 0.3) is 0 Å². The summed E-state index contributed by atoms with van der Waals surface area (Å²) in [5.41, 5.74) is 9.67. The fraction of sp³-hybridized carbons (Fsp3) is 0.300. The highest BCUT2D eigenvalue weighted by atomic mass is 127. The predicted molar refractivity (Wildman–Crippen MR) is 115 cm³/mol. The Labute approximate surface area is 169 Å². The van der Waals surface area contributed by atoms with E-state index in [0.717, 1.165) is 27.5 Å². The molecule has 3 rings (SSSR count). The number of sulfonamides is 1. The molecule has 0 saturated heterocycles. The van der Waals surface area contributed by atoms with E-state index in [1.807, 2.05) is 42.5 Å². The fourth-order valence-electron chi connectivity index (χ4n) is 3.41. The third-order valence-electron chi connectivity index (χ3n) is 4.89. The molecular weight excluding hydrogens is 459 g/mol. The largest absolute Gasteiger partial charge is 0.326 e. The third-order valence-corrected chi connectivity index (χ3v) is 8.10. The first kappa shape index (κ1) is 19.5. The van der Waals surface area contributed by atoms with Crippen LogP contribution in [0.5, 0.6) is 0 Å². The molecule has 2 N–H and O–H groups in total. The van der Waals surface area contributed by atoms with Gasteiger partial charge in [0, 0.05) is 23.6 Å². The van der Waals surface area contributed by atoms with E-state index in [1.165, 1.54) is 11.6 Å². The Bertz CT molecular complexity index is 881. The van der Waals surface area contributed by atoms with Gasteiger partial charge in [-0.05, 0) is 28.7 Å². The van der Waals surface area contributed by atoms with Crippen LogP contribution in [-0.2, 0) is 29.5 Å². The Hall–Kier alpha value is -1.22. The van der Waals surface area contributed by atoms with E-state index in [9.17, 15) is 8.42 Å². The molecule has 2 aromatic carbocycles. The molecule has 2 aromatic rings. The van der Waals surface area contributed by atoms with Crippen LogP contribution in [-0.4, -0.2) is 23.2 Å². The van der Waals surface area contributed by atoms with Gasteiger partial charge in [-0.25, -0.2) is 8.42 Å². The molecule has 2 atom stereocenters. The van der Waals surface area contributed by atoms with Gasteiger partial charge < -0.3 is 5.73 Å². The molecule has 0 radical (unpaired) electrons. The van der Waals surface area contributed by atoms with Crippen molar-refractivity contribution < 1.29 is 8.42 Å². The molecule has 1 aliphatic heterocycles.